The number of carbonyl (C=O) groups is 2. The summed E-state index contributed by atoms with van der Waals surface area (Å²) in [7, 11) is 0. The Kier molecular flexibility index (Phi) is 4.28. The first kappa shape index (κ1) is 19.2. The first-order valence-electron chi connectivity index (χ1n) is 10.3. The Bertz CT molecular complexity index is 1290. The van der Waals surface area contributed by atoms with Crippen molar-refractivity contribution < 1.29 is 14.5 Å². The van der Waals surface area contributed by atoms with Gasteiger partial charge in [0.1, 0.15) is 5.69 Å². The third-order valence-electron chi connectivity index (χ3n) is 6.35. The van der Waals surface area contributed by atoms with Gasteiger partial charge in [-0.15, -0.1) is 0 Å². The summed E-state index contributed by atoms with van der Waals surface area (Å²) < 4.78 is 0. The minimum atomic E-state index is -0.534. The number of hydrogen-bond acceptors (Lipinski definition) is 5. The average molecular weight is 415 g/mol. The molecule has 0 radical (unpaired) electrons. The maximum absolute atomic E-state index is 13.5. The molecular weight excluding hydrogens is 394 g/mol. The second-order valence-electron chi connectivity index (χ2n) is 8.19. The largest absolute Gasteiger partial charge is 0.365 e. The molecule has 0 spiro atoms. The zero-order chi connectivity index (χ0) is 21.9. The Labute approximate surface area is 179 Å². The molecule has 3 aromatic rings. The van der Waals surface area contributed by atoms with Gasteiger partial charge in [0.15, 0.2) is 0 Å². The van der Waals surface area contributed by atoms with E-state index in [1.54, 1.807) is 30.3 Å². The van der Waals surface area contributed by atoms with Crippen LogP contribution in [0.25, 0.3) is 10.8 Å². The predicted octanol–water partition coefficient (Wildman–Crippen LogP) is 4.77. The van der Waals surface area contributed by atoms with Crippen LogP contribution in [0, 0.1) is 24.0 Å². The van der Waals surface area contributed by atoms with Gasteiger partial charge in [-0.05, 0) is 56.0 Å². The van der Waals surface area contributed by atoms with E-state index in [9.17, 15) is 19.7 Å². The molecule has 5 rings (SSSR count). The highest BCUT2D eigenvalue weighted by Crippen LogP contribution is 2.43. The monoisotopic (exact) mass is 415 g/mol. The van der Waals surface area contributed by atoms with Crippen molar-refractivity contribution in [1.29, 1.82) is 0 Å². The number of nitrogens with zero attached hydrogens (tertiary/aromatic N) is 3. The molecule has 0 bridgehead atoms. The predicted molar refractivity (Wildman–Crippen MR) is 119 cm³/mol. The van der Waals surface area contributed by atoms with Crippen LogP contribution in [-0.4, -0.2) is 29.8 Å². The highest BCUT2D eigenvalue weighted by Gasteiger charge is 2.38. The summed E-state index contributed by atoms with van der Waals surface area (Å²) in [5.41, 5.74) is 3.46. The number of imide groups is 1. The molecule has 2 amide bonds. The molecule has 0 saturated carbocycles. The van der Waals surface area contributed by atoms with E-state index in [-0.39, 0.29) is 11.3 Å². The van der Waals surface area contributed by atoms with E-state index < -0.39 is 16.7 Å². The van der Waals surface area contributed by atoms with Crippen LogP contribution >= 0.6 is 0 Å². The van der Waals surface area contributed by atoms with Gasteiger partial charge in [0.25, 0.3) is 17.5 Å². The topological polar surface area (TPSA) is 83.8 Å². The molecule has 7 nitrogen and oxygen atoms in total. The van der Waals surface area contributed by atoms with Crippen molar-refractivity contribution in [2.24, 2.45) is 0 Å². The van der Waals surface area contributed by atoms with E-state index >= 15 is 0 Å². The van der Waals surface area contributed by atoms with Crippen LogP contribution in [0.2, 0.25) is 0 Å². The molecule has 0 unspecified atom stereocenters. The zero-order valence-electron chi connectivity index (χ0n) is 17.3. The van der Waals surface area contributed by atoms with Crippen molar-refractivity contribution in [2.75, 3.05) is 22.9 Å². The second kappa shape index (κ2) is 6.91. The molecule has 2 heterocycles. The molecule has 2 aliphatic heterocycles. The van der Waals surface area contributed by atoms with Gasteiger partial charge in [0.2, 0.25) is 0 Å². The molecule has 2 aliphatic rings. The van der Waals surface area contributed by atoms with Gasteiger partial charge in [-0.2, -0.15) is 0 Å². The lowest BCUT2D eigenvalue weighted by Crippen LogP contribution is -2.40. The standard InChI is InChI=1S/C24H21N3O4/c1-14-8-9-16(12-15(14)2)26-23(28)18-7-5-6-17-21(18)19(24(26)29)13-20(27(30)31)22(17)25-10-3-4-11-25/h5-9,12-13H,3-4,10-11H2,1-2H3. The SMILES string of the molecule is Cc1ccc(N2C(=O)c3cccc4c(N5CCCC5)c([N+](=O)[O-])cc(c34)C2=O)cc1C. The van der Waals surface area contributed by atoms with Gasteiger partial charge in [-0.1, -0.05) is 18.2 Å². The van der Waals surface area contributed by atoms with E-state index in [2.05, 4.69) is 0 Å². The molecule has 156 valence electrons. The molecule has 0 aromatic heterocycles. The first-order valence-corrected chi connectivity index (χ1v) is 10.3. The summed E-state index contributed by atoms with van der Waals surface area (Å²) in [6.45, 7) is 5.31. The number of nitro groups is 1. The number of rotatable bonds is 3. The summed E-state index contributed by atoms with van der Waals surface area (Å²) in [4.78, 5) is 41.6. The van der Waals surface area contributed by atoms with Gasteiger partial charge < -0.3 is 4.90 Å². The molecule has 7 heteroatoms. The summed E-state index contributed by atoms with van der Waals surface area (Å²) in [6.07, 6.45) is 1.91. The average Bonchev–Trinajstić information content (AvgIpc) is 3.28. The molecular formula is C24H21N3O4. The maximum atomic E-state index is 13.5. The quantitative estimate of drug-likeness (QED) is 0.350. The number of carbonyl (C=O) groups excluding carboxylic acids is 2. The number of aryl methyl sites for hydroxylation is 2. The molecule has 0 N–H and O–H groups in total. The minimum Gasteiger partial charge on any atom is -0.365 e. The summed E-state index contributed by atoms with van der Waals surface area (Å²) in [6, 6.07) is 11.9. The lowest BCUT2D eigenvalue weighted by atomic mass is 9.91. The lowest BCUT2D eigenvalue weighted by molar-refractivity contribution is -0.384. The molecule has 0 aliphatic carbocycles. The third-order valence-corrected chi connectivity index (χ3v) is 6.35. The molecule has 31 heavy (non-hydrogen) atoms. The van der Waals surface area contributed by atoms with Crippen LogP contribution in [0.5, 0.6) is 0 Å². The van der Waals surface area contributed by atoms with Crippen molar-refractivity contribution in [3.8, 4) is 0 Å². The van der Waals surface area contributed by atoms with Crippen LogP contribution < -0.4 is 9.80 Å². The second-order valence-corrected chi connectivity index (χ2v) is 8.19. The van der Waals surface area contributed by atoms with Gasteiger partial charge >= 0.3 is 0 Å². The number of nitro benzene ring substituents is 1. The molecule has 1 fully saturated rings. The van der Waals surface area contributed by atoms with Gasteiger partial charge in [-0.25, -0.2) is 4.90 Å². The van der Waals surface area contributed by atoms with Crippen LogP contribution in [0.15, 0.2) is 42.5 Å². The van der Waals surface area contributed by atoms with E-state index in [1.807, 2.05) is 24.8 Å². The van der Waals surface area contributed by atoms with Crippen molar-refractivity contribution in [3.05, 3.63) is 74.8 Å². The highest BCUT2D eigenvalue weighted by molar-refractivity contribution is 6.37. The van der Waals surface area contributed by atoms with E-state index in [4.69, 9.17) is 0 Å². The van der Waals surface area contributed by atoms with E-state index in [0.717, 1.165) is 42.0 Å². The number of hydrogen-bond donors (Lipinski definition) is 0. The number of amides is 2. The highest BCUT2D eigenvalue weighted by atomic mass is 16.6. The molecule has 3 aromatic carbocycles. The normalized spacial score (nSPS) is 15.8. The third kappa shape index (κ3) is 2.80. The zero-order valence-corrected chi connectivity index (χ0v) is 17.3. The smallest absolute Gasteiger partial charge is 0.293 e. The maximum Gasteiger partial charge on any atom is 0.293 e. The minimum absolute atomic E-state index is 0.0933. The lowest BCUT2D eigenvalue weighted by Gasteiger charge is -2.29. The van der Waals surface area contributed by atoms with Gasteiger partial charge in [0, 0.05) is 35.5 Å². The van der Waals surface area contributed by atoms with Crippen molar-refractivity contribution >= 4 is 39.6 Å². The van der Waals surface area contributed by atoms with Crippen molar-refractivity contribution in [2.45, 2.75) is 26.7 Å². The fraction of sp³-hybridized carbons (Fsp3) is 0.250. The van der Waals surface area contributed by atoms with Gasteiger partial charge in [-0.3, -0.25) is 19.7 Å². The van der Waals surface area contributed by atoms with E-state index in [0.29, 0.717) is 27.7 Å². The fourth-order valence-corrected chi connectivity index (χ4v) is 4.65. The Morgan fingerprint density at radius 3 is 2.29 bits per heavy atom. The Morgan fingerprint density at radius 1 is 0.903 bits per heavy atom. The summed E-state index contributed by atoms with van der Waals surface area (Å²) >= 11 is 0. The van der Waals surface area contributed by atoms with Crippen molar-refractivity contribution in [3.63, 3.8) is 0 Å². The molecule has 1 saturated heterocycles. The Balaban J connectivity index is 1.78. The first-order chi connectivity index (χ1) is 14.9. The molecule has 0 atom stereocenters. The Hall–Kier alpha value is -3.74. The van der Waals surface area contributed by atoms with Crippen LogP contribution in [-0.2, 0) is 0 Å². The van der Waals surface area contributed by atoms with Crippen LogP contribution in [0.3, 0.4) is 0 Å². The fourth-order valence-electron chi connectivity index (χ4n) is 4.65. The summed E-state index contributed by atoms with van der Waals surface area (Å²) in [5.74, 6) is -0.944. The van der Waals surface area contributed by atoms with Gasteiger partial charge in [0.05, 0.1) is 16.2 Å². The Morgan fingerprint density at radius 2 is 1.61 bits per heavy atom. The van der Waals surface area contributed by atoms with Crippen LogP contribution in [0.1, 0.15) is 44.7 Å². The van der Waals surface area contributed by atoms with E-state index in [1.165, 1.54) is 6.07 Å². The number of anilines is 2. The summed E-state index contributed by atoms with van der Waals surface area (Å²) in [5, 5.41) is 13.1. The van der Waals surface area contributed by atoms with Crippen molar-refractivity contribution in [1.82, 2.24) is 0 Å². The van der Waals surface area contributed by atoms with Crippen LogP contribution in [0.4, 0.5) is 17.1 Å². The number of benzene rings is 3.